The molecule has 33 heavy (non-hydrogen) atoms. The minimum absolute atomic E-state index is 0.0119. The number of nitrogens with zero attached hydrogens (tertiary/aromatic N) is 1. The van der Waals surface area contributed by atoms with Gasteiger partial charge in [-0.2, -0.15) is 0 Å². The zero-order chi connectivity index (χ0) is 24.0. The number of nitrogens with one attached hydrogen (secondary N) is 2. The molecule has 11 heteroatoms. The average Bonchev–Trinajstić information content (AvgIpc) is 3.02. The molecule has 0 spiro atoms. The van der Waals surface area contributed by atoms with Gasteiger partial charge in [-0.1, -0.05) is 40.2 Å². The highest BCUT2D eigenvalue weighted by atomic mass is 79.9. The van der Waals surface area contributed by atoms with Crippen molar-refractivity contribution >= 4 is 56.9 Å². The predicted molar refractivity (Wildman–Crippen MR) is 126 cm³/mol. The molecule has 0 bridgehead atoms. The summed E-state index contributed by atoms with van der Waals surface area (Å²) in [5, 5.41) is 4.73. The Balaban J connectivity index is 1.55. The SMILES string of the molecule is NC(=O)N[C@@H](CC(=O)NCCN1C(=O)S/C(=C/c2ccc(F)cc2)C1=O)c1cccc(Br)c1. The molecule has 4 N–H and O–H groups in total. The van der Waals surface area contributed by atoms with Crippen molar-refractivity contribution in [3.63, 3.8) is 0 Å². The highest BCUT2D eigenvalue weighted by molar-refractivity contribution is 9.10. The molecule has 0 radical (unpaired) electrons. The second-order valence-electron chi connectivity index (χ2n) is 7.06. The standard InChI is InChI=1S/C22H20BrFN4O4S/c23-15-3-1-2-14(11-15)17(27-21(25)31)12-19(29)26-8-9-28-20(30)18(33-22(28)32)10-13-4-6-16(24)7-5-13/h1-7,10-11,17H,8-9,12H2,(H,26,29)(H3,25,27,31)/b18-10+/t17-/m0/s1. The van der Waals surface area contributed by atoms with Crippen molar-refractivity contribution in [2.75, 3.05) is 13.1 Å². The predicted octanol–water partition coefficient (Wildman–Crippen LogP) is 3.54. The molecule has 0 aromatic heterocycles. The van der Waals surface area contributed by atoms with E-state index in [1.807, 2.05) is 6.07 Å². The van der Waals surface area contributed by atoms with Gasteiger partial charge in [-0.3, -0.25) is 19.3 Å². The number of rotatable bonds is 8. The van der Waals surface area contributed by atoms with Crippen LogP contribution in [-0.2, 0) is 9.59 Å². The lowest BCUT2D eigenvalue weighted by Crippen LogP contribution is -2.40. The summed E-state index contributed by atoms with van der Waals surface area (Å²) in [4.78, 5) is 49.8. The van der Waals surface area contributed by atoms with Gasteiger partial charge in [0.2, 0.25) is 5.91 Å². The summed E-state index contributed by atoms with van der Waals surface area (Å²) < 4.78 is 13.8. The summed E-state index contributed by atoms with van der Waals surface area (Å²) in [5.41, 5.74) is 6.52. The van der Waals surface area contributed by atoms with Crippen LogP contribution in [0.15, 0.2) is 57.9 Å². The van der Waals surface area contributed by atoms with Crippen LogP contribution in [0.2, 0.25) is 0 Å². The zero-order valence-electron chi connectivity index (χ0n) is 17.2. The molecule has 0 unspecified atom stereocenters. The van der Waals surface area contributed by atoms with Gasteiger partial charge in [0.1, 0.15) is 5.82 Å². The van der Waals surface area contributed by atoms with E-state index in [1.165, 1.54) is 30.3 Å². The molecule has 2 aromatic rings. The molecule has 1 saturated heterocycles. The fourth-order valence-electron chi connectivity index (χ4n) is 3.12. The summed E-state index contributed by atoms with van der Waals surface area (Å²) in [6.45, 7) is 0.0322. The minimum atomic E-state index is -0.765. The second kappa shape index (κ2) is 11.1. The lowest BCUT2D eigenvalue weighted by molar-refractivity contribution is -0.124. The number of benzene rings is 2. The monoisotopic (exact) mass is 534 g/mol. The first-order valence-electron chi connectivity index (χ1n) is 9.82. The highest BCUT2D eigenvalue weighted by Crippen LogP contribution is 2.32. The molecule has 1 atom stereocenters. The zero-order valence-corrected chi connectivity index (χ0v) is 19.6. The van der Waals surface area contributed by atoms with Crippen molar-refractivity contribution in [1.29, 1.82) is 0 Å². The second-order valence-corrected chi connectivity index (χ2v) is 8.96. The topological polar surface area (TPSA) is 122 Å². The van der Waals surface area contributed by atoms with Crippen LogP contribution in [0.5, 0.6) is 0 Å². The smallest absolute Gasteiger partial charge is 0.312 e. The summed E-state index contributed by atoms with van der Waals surface area (Å²) in [7, 11) is 0. The van der Waals surface area contributed by atoms with Gasteiger partial charge in [-0.25, -0.2) is 9.18 Å². The van der Waals surface area contributed by atoms with E-state index < -0.39 is 29.0 Å². The maximum Gasteiger partial charge on any atom is 0.312 e. The number of amides is 5. The molecular formula is C22H20BrFN4O4S. The number of urea groups is 1. The van der Waals surface area contributed by atoms with Crippen molar-refractivity contribution in [2.24, 2.45) is 5.73 Å². The third-order valence-corrected chi connectivity index (χ3v) is 6.06. The van der Waals surface area contributed by atoms with Gasteiger partial charge in [-0.15, -0.1) is 0 Å². The van der Waals surface area contributed by atoms with Crippen molar-refractivity contribution in [2.45, 2.75) is 12.5 Å². The Morgan fingerprint density at radius 2 is 1.91 bits per heavy atom. The van der Waals surface area contributed by atoms with E-state index in [-0.39, 0.29) is 30.3 Å². The average molecular weight is 535 g/mol. The van der Waals surface area contributed by atoms with Crippen LogP contribution >= 0.6 is 27.7 Å². The summed E-state index contributed by atoms with van der Waals surface area (Å²) >= 11 is 4.13. The largest absolute Gasteiger partial charge is 0.354 e. The van der Waals surface area contributed by atoms with Gasteiger partial charge in [0.05, 0.1) is 17.4 Å². The van der Waals surface area contributed by atoms with Crippen LogP contribution in [0.4, 0.5) is 14.0 Å². The number of halogens is 2. The van der Waals surface area contributed by atoms with Crippen LogP contribution < -0.4 is 16.4 Å². The van der Waals surface area contributed by atoms with Crippen LogP contribution in [-0.4, -0.2) is 41.1 Å². The lowest BCUT2D eigenvalue weighted by Gasteiger charge is -2.19. The molecule has 3 rings (SSSR count). The number of thioether (sulfide) groups is 1. The Kier molecular flexibility index (Phi) is 8.23. The Hall–Kier alpha value is -3.18. The Morgan fingerprint density at radius 1 is 1.18 bits per heavy atom. The fraction of sp³-hybridized carbons (Fsp3) is 0.182. The summed E-state index contributed by atoms with van der Waals surface area (Å²) in [6, 6.07) is 11.2. The van der Waals surface area contributed by atoms with E-state index in [4.69, 9.17) is 5.73 Å². The van der Waals surface area contributed by atoms with Gasteiger partial charge in [0.25, 0.3) is 11.1 Å². The Bertz CT molecular complexity index is 1110. The molecule has 1 fully saturated rings. The van der Waals surface area contributed by atoms with E-state index in [2.05, 4.69) is 26.6 Å². The minimum Gasteiger partial charge on any atom is -0.354 e. The number of imide groups is 1. The van der Waals surface area contributed by atoms with Crippen LogP contribution in [0.25, 0.3) is 6.08 Å². The molecule has 0 saturated carbocycles. The number of nitrogens with two attached hydrogens (primary N) is 1. The van der Waals surface area contributed by atoms with E-state index in [0.717, 1.165) is 21.1 Å². The number of carbonyl (C=O) groups is 4. The maximum absolute atomic E-state index is 13.0. The molecule has 172 valence electrons. The first kappa shape index (κ1) is 24.5. The Morgan fingerprint density at radius 3 is 2.58 bits per heavy atom. The maximum atomic E-state index is 13.0. The summed E-state index contributed by atoms with van der Waals surface area (Å²) in [5.74, 6) is -1.27. The van der Waals surface area contributed by atoms with Crippen LogP contribution in [0.1, 0.15) is 23.6 Å². The van der Waals surface area contributed by atoms with Gasteiger partial charge in [-0.05, 0) is 53.2 Å². The van der Waals surface area contributed by atoms with Gasteiger partial charge in [0, 0.05) is 17.6 Å². The number of hydrogen-bond donors (Lipinski definition) is 3. The third-order valence-electron chi connectivity index (χ3n) is 4.66. The van der Waals surface area contributed by atoms with E-state index >= 15 is 0 Å². The first-order chi connectivity index (χ1) is 15.7. The summed E-state index contributed by atoms with van der Waals surface area (Å²) in [6.07, 6.45) is 1.44. The molecule has 1 aliphatic rings. The number of hydrogen-bond acceptors (Lipinski definition) is 5. The van der Waals surface area contributed by atoms with E-state index in [9.17, 15) is 23.6 Å². The molecule has 5 amide bonds. The van der Waals surface area contributed by atoms with Crippen LogP contribution in [0, 0.1) is 5.82 Å². The molecule has 1 aliphatic heterocycles. The highest BCUT2D eigenvalue weighted by Gasteiger charge is 2.34. The normalized spacial score (nSPS) is 15.6. The molecule has 2 aromatic carbocycles. The molecule has 0 aliphatic carbocycles. The van der Waals surface area contributed by atoms with Crippen molar-refractivity contribution in [3.05, 3.63) is 74.9 Å². The van der Waals surface area contributed by atoms with Gasteiger partial charge in [0.15, 0.2) is 0 Å². The molecule has 8 nitrogen and oxygen atoms in total. The third kappa shape index (κ3) is 6.90. The van der Waals surface area contributed by atoms with Crippen molar-refractivity contribution < 1.29 is 23.6 Å². The molecular weight excluding hydrogens is 515 g/mol. The number of carbonyl (C=O) groups excluding carboxylic acids is 4. The quantitative estimate of drug-likeness (QED) is 0.447. The molecule has 1 heterocycles. The van der Waals surface area contributed by atoms with Crippen molar-refractivity contribution in [1.82, 2.24) is 15.5 Å². The van der Waals surface area contributed by atoms with Crippen molar-refractivity contribution in [3.8, 4) is 0 Å². The van der Waals surface area contributed by atoms with E-state index in [1.54, 1.807) is 18.2 Å². The Labute approximate surface area is 201 Å². The van der Waals surface area contributed by atoms with Gasteiger partial charge < -0.3 is 16.4 Å². The van der Waals surface area contributed by atoms with E-state index in [0.29, 0.717) is 11.1 Å². The fourth-order valence-corrected chi connectivity index (χ4v) is 4.40. The van der Waals surface area contributed by atoms with Gasteiger partial charge >= 0.3 is 6.03 Å². The first-order valence-corrected chi connectivity index (χ1v) is 11.4. The van der Waals surface area contributed by atoms with Crippen LogP contribution in [0.3, 0.4) is 0 Å². The lowest BCUT2D eigenvalue weighted by atomic mass is 10.0. The number of primary amides is 1.